The molecule has 2 aliphatic rings. The van der Waals surface area contributed by atoms with Crippen LogP contribution in [0, 0.1) is 0 Å². The quantitative estimate of drug-likeness (QED) is 0.656. The highest BCUT2D eigenvalue weighted by Crippen LogP contribution is 2.21. The molecule has 2 saturated heterocycles. The predicted octanol–water partition coefficient (Wildman–Crippen LogP) is 4.76. The zero-order valence-corrected chi connectivity index (χ0v) is 18.0. The normalized spacial score (nSPS) is 17.3. The second kappa shape index (κ2) is 10.6. The minimum Gasteiger partial charge on any atom is -0.406 e. The minimum absolute atomic E-state index is 0.706. The maximum absolute atomic E-state index is 5.85. The highest BCUT2D eigenvalue weighted by molar-refractivity contribution is 6.30. The van der Waals surface area contributed by atoms with Gasteiger partial charge in [-0.1, -0.05) is 35.9 Å². The van der Waals surface area contributed by atoms with Gasteiger partial charge < -0.3 is 15.1 Å². The van der Waals surface area contributed by atoms with E-state index in [-0.39, 0.29) is 0 Å². The Hall–Kier alpha value is -2.34. The Morgan fingerprint density at radius 2 is 1.63 bits per heavy atom. The Morgan fingerprint density at radius 3 is 2.43 bits per heavy atom. The lowest BCUT2D eigenvalue weighted by molar-refractivity contribution is -0.0664. The minimum atomic E-state index is 0.706. The van der Waals surface area contributed by atoms with E-state index in [4.69, 9.17) is 21.4 Å². The van der Waals surface area contributed by atoms with Gasteiger partial charge in [0.1, 0.15) is 11.6 Å². The van der Waals surface area contributed by atoms with E-state index in [2.05, 4.69) is 46.6 Å². The number of rotatable bonds is 3. The van der Waals surface area contributed by atoms with Crippen LogP contribution in [0.4, 0.5) is 5.82 Å². The number of hydroxylamine groups is 2. The second-order valence-electron chi connectivity index (χ2n) is 7.64. The van der Waals surface area contributed by atoms with Gasteiger partial charge in [0.05, 0.1) is 5.52 Å². The van der Waals surface area contributed by atoms with Gasteiger partial charge in [0.25, 0.3) is 0 Å². The van der Waals surface area contributed by atoms with Crippen LogP contribution >= 0.6 is 11.6 Å². The lowest BCUT2D eigenvalue weighted by Crippen LogP contribution is -2.45. The van der Waals surface area contributed by atoms with Crippen LogP contribution in [0.3, 0.4) is 0 Å². The molecule has 0 atom stereocenters. The van der Waals surface area contributed by atoms with Crippen molar-refractivity contribution in [2.75, 3.05) is 44.2 Å². The molecule has 0 amide bonds. The average Bonchev–Trinajstić information content (AvgIpc) is 2.80. The van der Waals surface area contributed by atoms with E-state index in [1.165, 1.54) is 24.6 Å². The predicted molar refractivity (Wildman–Crippen MR) is 124 cm³/mol. The molecule has 0 saturated carbocycles. The summed E-state index contributed by atoms with van der Waals surface area (Å²) in [5.74, 6) is 1.94. The second-order valence-corrected chi connectivity index (χ2v) is 8.07. The first-order valence-corrected chi connectivity index (χ1v) is 11.2. The molecule has 1 aromatic heterocycles. The van der Waals surface area contributed by atoms with Gasteiger partial charge in [0.2, 0.25) is 0 Å². The summed E-state index contributed by atoms with van der Waals surface area (Å²) >= 11 is 5.85. The number of nitrogens with zero attached hydrogens (tertiary/aromatic N) is 3. The van der Waals surface area contributed by atoms with Gasteiger partial charge in [-0.2, -0.15) is 0 Å². The largest absolute Gasteiger partial charge is 0.406 e. The maximum atomic E-state index is 5.85. The molecule has 2 aliphatic heterocycles. The van der Waals surface area contributed by atoms with E-state index in [1.54, 1.807) is 0 Å². The molecular formula is C24H29ClN4O. The number of piperidine rings is 1. The van der Waals surface area contributed by atoms with Gasteiger partial charge in [-0.05, 0) is 49.6 Å². The van der Waals surface area contributed by atoms with E-state index in [0.29, 0.717) is 5.02 Å². The smallest absolute Gasteiger partial charge is 0.148 e. The van der Waals surface area contributed by atoms with Crippen LogP contribution in [0.1, 0.15) is 19.3 Å². The van der Waals surface area contributed by atoms with Gasteiger partial charge in [-0.25, -0.2) is 4.98 Å². The van der Waals surface area contributed by atoms with Crippen molar-refractivity contribution in [1.29, 1.82) is 0 Å². The molecule has 30 heavy (non-hydrogen) atoms. The average molecular weight is 425 g/mol. The fraction of sp³-hybridized carbons (Fsp3) is 0.375. The van der Waals surface area contributed by atoms with Crippen molar-refractivity contribution in [2.24, 2.45) is 0 Å². The number of halogens is 1. The lowest BCUT2D eigenvalue weighted by atomic mass is 10.1. The molecule has 3 aromatic rings. The zero-order chi connectivity index (χ0) is 20.6. The Morgan fingerprint density at radius 1 is 0.833 bits per heavy atom. The monoisotopic (exact) mass is 424 g/mol. The van der Waals surface area contributed by atoms with Gasteiger partial charge in [0.15, 0.2) is 0 Å². The van der Waals surface area contributed by atoms with Crippen LogP contribution in [0.15, 0.2) is 60.7 Å². The summed E-state index contributed by atoms with van der Waals surface area (Å²) < 4.78 is 0. The third-order valence-corrected chi connectivity index (χ3v) is 5.61. The van der Waals surface area contributed by atoms with Gasteiger partial charge in [0, 0.05) is 55.7 Å². The number of aromatic nitrogens is 1. The van der Waals surface area contributed by atoms with E-state index in [9.17, 15) is 0 Å². The van der Waals surface area contributed by atoms with Crippen molar-refractivity contribution < 1.29 is 4.84 Å². The third kappa shape index (κ3) is 5.85. The highest BCUT2D eigenvalue weighted by Gasteiger charge is 2.12. The summed E-state index contributed by atoms with van der Waals surface area (Å²) in [5, 5.41) is 7.14. The molecule has 5 rings (SSSR count). The molecule has 0 spiro atoms. The van der Waals surface area contributed by atoms with Crippen LogP contribution in [-0.2, 0) is 0 Å². The lowest BCUT2D eigenvalue weighted by Gasteiger charge is -2.27. The van der Waals surface area contributed by atoms with Crippen LogP contribution in [0.5, 0.6) is 5.75 Å². The van der Waals surface area contributed by atoms with E-state index < -0.39 is 0 Å². The van der Waals surface area contributed by atoms with Gasteiger partial charge in [-0.3, -0.25) is 0 Å². The number of hydrogen-bond donors (Lipinski definition) is 1. The number of piperazine rings is 1. The van der Waals surface area contributed by atoms with Crippen molar-refractivity contribution in [3.05, 3.63) is 65.7 Å². The van der Waals surface area contributed by atoms with Crippen molar-refractivity contribution >= 4 is 28.3 Å². The maximum Gasteiger partial charge on any atom is 0.148 e. The molecule has 2 aromatic carbocycles. The molecule has 3 heterocycles. The first-order chi connectivity index (χ1) is 14.8. The fourth-order valence-corrected chi connectivity index (χ4v) is 3.94. The summed E-state index contributed by atoms with van der Waals surface area (Å²) in [6.45, 7) is 6.08. The molecule has 158 valence electrons. The van der Waals surface area contributed by atoms with Crippen molar-refractivity contribution in [3.8, 4) is 5.75 Å². The van der Waals surface area contributed by atoms with E-state index >= 15 is 0 Å². The molecule has 0 bridgehead atoms. The molecule has 0 radical (unpaired) electrons. The summed E-state index contributed by atoms with van der Waals surface area (Å²) in [4.78, 5) is 12.8. The number of anilines is 1. The Bertz CT molecular complexity index is 939. The molecule has 0 aliphatic carbocycles. The number of hydrogen-bond acceptors (Lipinski definition) is 5. The first kappa shape index (κ1) is 20.9. The number of pyridine rings is 1. The van der Waals surface area contributed by atoms with Crippen LogP contribution in [0.2, 0.25) is 5.02 Å². The topological polar surface area (TPSA) is 40.6 Å². The zero-order valence-electron chi connectivity index (χ0n) is 17.3. The fourth-order valence-electron chi connectivity index (χ4n) is 3.76. The summed E-state index contributed by atoms with van der Waals surface area (Å²) in [7, 11) is 0. The number of fused-ring (bicyclic) bond motifs is 1. The van der Waals surface area contributed by atoms with Crippen LogP contribution in [0.25, 0.3) is 10.9 Å². The van der Waals surface area contributed by atoms with Crippen LogP contribution < -0.4 is 15.1 Å². The first-order valence-electron chi connectivity index (χ1n) is 10.8. The van der Waals surface area contributed by atoms with Crippen molar-refractivity contribution in [1.82, 2.24) is 15.4 Å². The Kier molecular flexibility index (Phi) is 7.40. The Balaban J connectivity index is 0.000000147. The highest BCUT2D eigenvalue weighted by atomic mass is 35.5. The van der Waals surface area contributed by atoms with Gasteiger partial charge >= 0.3 is 0 Å². The molecule has 5 nitrogen and oxygen atoms in total. The van der Waals surface area contributed by atoms with Crippen LogP contribution in [-0.4, -0.2) is 49.3 Å². The van der Waals surface area contributed by atoms with Gasteiger partial charge in [-0.15, -0.1) is 5.06 Å². The summed E-state index contributed by atoms with van der Waals surface area (Å²) in [6.07, 6.45) is 3.97. The summed E-state index contributed by atoms with van der Waals surface area (Å²) in [5.41, 5.74) is 1.10. The standard InChI is InChI=1S/C14H16N2.C10H13ClN2O/c1-4-10-16(11-5-1)14-9-8-12-6-2-3-7-13(12)15-14;11-9-2-1-3-10(8-9)14-13-6-4-12-5-7-13/h2-3,6-9H,1,4-5,10-11H2;1-3,8,12H,4-7H2. The van der Waals surface area contributed by atoms with E-state index in [1.807, 2.05) is 29.3 Å². The number of para-hydroxylation sites is 1. The SMILES string of the molecule is Clc1cccc(ON2CCNCC2)c1.c1ccc2nc(N3CCCCC3)ccc2c1. The summed E-state index contributed by atoms with van der Waals surface area (Å²) in [6, 6.07) is 20.1. The number of nitrogens with one attached hydrogen (secondary N) is 1. The molecule has 2 fully saturated rings. The molecule has 6 heteroatoms. The third-order valence-electron chi connectivity index (χ3n) is 5.37. The Labute approximate surface area is 183 Å². The number of benzene rings is 2. The van der Waals surface area contributed by atoms with Crippen molar-refractivity contribution in [3.63, 3.8) is 0 Å². The van der Waals surface area contributed by atoms with Crippen molar-refractivity contribution in [2.45, 2.75) is 19.3 Å². The molecule has 0 unspecified atom stereocenters. The molecular weight excluding hydrogens is 396 g/mol. The molecule has 1 N–H and O–H groups in total. The van der Waals surface area contributed by atoms with E-state index in [0.717, 1.165) is 56.4 Å².